The summed E-state index contributed by atoms with van der Waals surface area (Å²) < 4.78 is 5.46. The Morgan fingerprint density at radius 2 is 2.00 bits per heavy atom. The number of ether oxygens (including phenoxy) is 1. The zero-order chi connectivity index (χ0) is 10.5. The first kappa shape index (κ1) is 9.42. The normalized spacial score (nSPS) is 9.33. The van der Waals surface area contributed by atoms with E-state index in [1.807, 2.05) is 30.3 Å². The molecular formula is C13H10O2. The lowest BCUT2D eigenvalue weighted by Gasteiger charge is -2.04. The van der Waals surface area contributed by atoms with Gasteiger partial charge >= 0.3 is 0 Å². The summed E-state index contributed by atoms with van der Waals surface area (Å²) >= 11 is 0. The van der Waals surface area contributed by atoms with Crippen LogP contribution in [0.1, 0.15) is 5.56 Å². The number of hydrogen-bond acceptors (Lipinski definition) is 2. The molecule has 2 aromatic carbocycles. The van der Waals surface area contributed by atoms with E-state index in [4.69, 9.17) is 9.84 Å². The van der Waals surface area contributed by atoms with E-state index < -0.39 is 0 Å². The molecule has 0 unspecified atom stereocenters. The molecular weight excluding hydrogens is 188 g/mol. The van der Waals surface area contributed by atoms with Crippen molar-refractivity contribution in [3.8, 4) is 11.5 Å². The van der Waals surface area contributed by atoms with Crippen LogP contribution < -0.4 is 4.74 Å². The lowest BCUT2D eigenvalue weighted by atomic mass is 10.2. The molecule has 0 radical (unpaired) electrons. The molecule has 0 aliphatic carbocycles. The molecule has 74 valence electrons. The fraction of sp³-hybridized carbons (Fsp3) is 0.0769. The van der Waals surface area contributed by atoms with Crippen LogP contribution in [0.2, 0.25) is 0 Å². The first-order valence-electron chi connectivity index (χ1n) is 4.64. The highest BCUT2D eigenvalue weighted by Crippen LogP contribution is 2.15. The Bertz CT molecular complexity index is 424. The Hall–Kier alpha value is -2.14. The predicted octanol–water partition coefficient (Wildman–Crippen LogP) is 2.57. The molecule has 2 rings (SSSR count). The summed E-state index contributed by atoms with van der Waals surface area (Å²) in [5.74, 6) is 0.635. The molecule has 0 aliphatic heterocycles. The molecule has 15 heavy (non-hydrogen) atoms. The topological polar surface area (TPSA) is 29.5 Å². The third-order valence-corrected chi connectivity index (χ3v) is 1.94. The quantitative estimate of drug-likeness (QED) is 0.821. The van der Waals surface area contributed by atoms with Crippen molar-refractivity contribution in [2.75, 3.05) is 0 Å². The molecule has 0 fully saturated rings. The highest BCUT2D eigenvalue weighted by Gasteiger charge is 1.95. The summed E-state index contributed by atoms with van der Waals surface area (Å²) in [7, 11) is 0. The lowest BCUT2D eigenvalue weighted by molar-refractivity contribution is 0.304. The molecule has 0 heterocycles. The van der Waals surface area contributed by atoms with Crippen LogP contribution in [0.5, 0.6) is 11.5 Å². The second-order valence-electron chi connectivity index (χ2n) is 3.12. The smallest absolute Gasteiger partial charge is 0.171 e. The van der Waals surface area contributed by atoms with Crippen molar-refractivity contribution in [2.24, 2.45) is 0 Å². The van der Waals surface area contributed by atoms with Gasteiger partial charge in [-0.2, -0.15) is 0 Å². The van der Waals surface area contributed by atoms with Crippen molar-refractivity contribution in [1.29, 1.82) is 0 Å². The number of rotatable bonds is 3. The van der Waals surface area contributed by atoms with Crippen molar-refractivity contribution in [3.63, 3.8) is 0 Å². The average Bonchev–Trinajstić information content (AvgIpc) is 2.28. The van der Waals surface area contributed by atoms with Gasteiger partial charge in [0.2, 0.25) is 0 Å². The van der Waals surface area contributed by atoms with Crippen LogP contribution >= 0.6 is 0 Å². The second kappa shape index (κ2) is 4.39. The van der Waals surface area contributed by atoms with E-state index in [1.54, 1.807) is 6.07 Å². The minimum absolute atomic E-state index is 0.0422. The fourth-order valence-electron chi connectivity index (χ4n) is 1.22. The van der Waals surface area contributed by atoms with Gasteiger partial charge in [-0.25, -0.2) is 0 Å². The first-order chi connectivity index (χ1) is 7.34. The molecule has 0 saturated carbocycles. The first-order valence-corrected chi connectivity index (χ1v) is 4.64. The zero-order valence-electron chi connectivity index (χ0n) is 8.10. The van der Waals surface area contributed by atoms with Crippen molar-refractivity contribution in [2.45, 2.75) is 6.61 Å². The molecule has 0 amide bonds. The van der Waals surface area contributed by atoms with Gasteiger partial charge in [0.1, 0.15) is 12.4 Å². The van der Waals surface area contributed by atoms with Crippen molar-refractivity contribution in [1.82, 2.24) is 0 Å². The minimum Gasteiger partial charge on any atom is -0.501 e. The number of hydrogen-bond donors (Lipinski definition) is 1. The molecule has 0 aromatic heterocycles. The van der Waals surface area contributed by atoms with E-state index in [0.29, 0.717) is 12.4 Å². The molecule has 0 atom stereocenters. The summed E-state index contributed by atoms with van der Waals surface area (Å²) in [6.07, 6.45) is 0. The maximum Gasteiger partial charge on any atom is 0.171 e. The number of aromatic hydroxyl groups is 1. The third kappa shape index (κ3) is 2.65. The monoisotopic (exact) mass is 198 g/mol. The Kier molecular flexibility index (Phi) is 2.75. The summed E-state index contributed by atoms with van der Waals surface area (Å²) in [5, 5.41) is 9.14. The van der Waals surface area contributed by atoms with Gasteiger partial charge in [-0.05, 0) is 11.6 Å². The zero-order valence-corrected chi connectivity index (χ0v) is 8.10. The maximum atomic E-state index is 9.14. The molecule has 2 aromatic rings. The van der Waals surface area contributed by atoms with Crippen LogP contribution in [0.4, 0.5) is 0 Å². The van der Waals surface area contributed by atoms with Crippen LogP contribution in [0.25, 0.3) is 0 Å². The van der Waals surface area contributed by atoms with Gasteiger partial charge in [0.15, 0.2) is 5.75 Å². The predicted molar refractivity (Wildman–Crippen MR) is 56.6 cm³/mol. The van der Waals surface area contributed by atoms with Gasteiger partial charge in [0.05, 0.1) is 0 Å². The molecule has 2 nitrogen and oxygen atoms in total. The Balaban J connectivity index is 1.99. The highest BCUT2D eigenvalue weighted by atomic mass is 16.5. The molecule has 0 bridgehead atoms. The summed E-state index contributed by atoms with van der Waals surface area (Å²) in [6, 6.07) is 18.2. The molecule has 2 heteroatoms. The Morgan fingerprint density at radius 3 is 2.73 bits per heavy atom. The van der Waals surface area contributed by atoms with Gasteiger partial charge in [-0.1, -0.05) is 36.4 Å². The van der Waals surface area contributed by atoms with E-state index in [0.717, 1.165) is 5.56 Å². The van der Waals surface area contributed by atoms with Gasteiger partial charge in [0, 0.05) is 12.1 Å². The average molecular weight is 198 g/mol. The third-order valence-electron chi connectivity index (χ3n) is 1.94. The minimum atomic E-state index is 0.0422. The van der Waals surface area contributed by atoms with Crippen molar-refractivity contribution in [3.05, 3.63) is 60.2 Å². The van der Waals surface area contributed by atoms with E-state index in [-0.39, 0.29) is 5.75 Å². The van der Waals surface area contributed by atoms with Gasteiger partial charge < -0.3 is 9.84 Å². The van der Waals surface area contributed by atoms with Gasteiger partial charge in [-0.15, -0.1) is 0 Å². The number of benzene rings is 1. The fourth-order valence-corrected chi connectivity index (χ4v) is 1.22. The molecule has 0 saturated heterocycles. The van der Waals surface area contributed by atoms with E-state index in [2.05, 4.69) is 12.1 Å². The molecule has 1 N–H and O–H groups in total. The van der Waals surface area contributed by atoms with Crippen LogP contribution in [-0.2, 0) is 6.61 Å². The second-order valence-corrected chi connectivity index (χ2v) is 3.12. The Labute approximate surface area is 88.8 Å². The van der Waals surface area contributed by atoms with E-state index in [1.165, 1.54) is 6.07 Å². The van der Waals surface area contributed by atoms with Crippen LogP contribution in [0.3, 0.4) is 0 Å². The van der Waals surface area contributed by atoms with Crippen molar-refractivity contribution < 1.29 is 9.84 Å². The van der Waals surface area contributed by atoms with Crippen LogP contribution in [0.15, 0.2) is 42.5 Å². The standard InChI is InChI=1S/C13H10O2/c14-12-7-4-8-13(9-12)15-10-11-5-2-1-3-6-11/h1-3,5-6,8-9,14H,10H2. The van der Waals surface area contributed by atoms with Gasteiger partial charge in [0.25, 0.3) is 0 Å². The van der Waals surface area contributed by atoms with E-state index >= 15 is 0 Å². The van der Waals surface area contributed by atoms with Gasteiger partial charge in [-0.3, -0.25) is 0 Å². The molecule has 0 aliphatic rings. The maximum absolute atomic E-state index is 9.14. The lowest BCUT2D eigenvalue weighted by Crippen LogP contribution is -1.94. The summed E-state index contributed by atoms with van der Waals surface area (Å²) in [5.41, 5.74) is 1.09. The Morgan fingerprint density at radius 1 is 1.20 bits per heavy atom. The summed E-state index contributed by atoms with van der Waals surface area (Å²) in [6.45, 7) is 0.484. The summed E-state index contributed by atoms with van der Waals surface area (Å²) in [4.78, 5) is 0. The van der Waals surface area contributed by atoms with Crippen LogP contribution in [-0.4, -0.2) is 5.11 Å². The van der Waals surface area contributed by atoms with E-state index in [9.17, 15) is 0 Å². The van der Waals surface area contributed by atoms with Crippen LogP contribution in [0, 0.1) is 12.1 Å². The highest BCUT2D eigenvalue weighted by molar-refractivity contribution is 5.27. The van der Waals surface area contributed by atoms with Crippen molar-refractivity contribution >= 4 is 0 Å². The largest absolute Gasteiger partial charge is 0.501 e. The molecule has 0 spiro atoms. The SMILES string of the molecule is Oc1c#ccc(OCc2ccccc2)c1.